The average molecular weight is 466 g/mol. The van der Waals surface area contributed by atoms with Crippen LogP contribution in [0.5, 0.6) is 0 Å². The van der Waals surface area contributed by atoms with Gasteiger partial charge >= 0.3 is 6.03 Å². The highest BCUT2D eigenvalue weighted by Gasteiger charge is 2.30. The van der Waals surface area contributed by atoms with Crippen LogP contribution < -0.4 is 10.2 Å². The van der Waals surface area contributed by atoms with E-state index < -0.39 is 0 Å². The molecule has 0 fully saturated rings. The number of rotatable bonds is 2. The highest BCUT2D eigenvalue weighted by atomic mass is 35.5. The Morgan fingerprint density at radius 2 is 1.52 bits per heavy atom. The monoisotopic (exact) mass is 465 g/mol. The zero-order valence-corrected chi connectivity index (χ0v) is 18.5. The molecule has 0 saturated heterocycles. The summed E-state index contributed by atoms with van der Waals surface area (Å²) in [4.78, 5) is 16.8. The number of carbonyl (C=O) groups excluding carboxylic acids is 1. The van der Waals surface area contributed by atoms with Crippen molar-refractivity contribution in [1.82, 2.24) is 4.90 Å². The highest BCUT2D eigenvalue weighted by molar-refractivity contribution is 6.30. The first kappa shape index (κ1) is 21.5. The molecule has 168 valence electrons. The number of carbonyl (C=O) groups is 1. The fourth-order valence-corrected chi connectivity index (χ4v) is 4.64. The molecule has 0 aromatic heterocycles. The van der Waals surface area contributed by atoms with Gasteiger partial charge in [-0.3, -0.25) is 0 Å². The number of hydrogen-bond donors (Lipinski definition) is 1. The Kier molecular flexibility index (Phi) is 5.77. The van der Waals surface area contributed by atoms with Crippen molar-refractivity contribution in [2.24, 2.45) is 0 Å². The minimum Gasteiger partial charge on any atom is -0.332 e. The molecule has 33 heavy (non-hydrogen) atoms. The molecule has 3 aromatic carbocycles. The molecule has 1 unspecified atom stereocenters. The lowest BCUT2D eigenvalue weighted by Crippen LogP contribution is -2.47. The van der Waals surface area contributed by atoms with Gasteiger partial charge in [0, 0.05) is 35.2 Å². The molecule has 0 aliphatic carbocycles. The summed E-state index contributed by atoms with van der Waals surface area (Å²) in [6.07, 6.45) is 5.22. The quantitative estimate of drug-likeness (QED) is 0.449. The molecule has 2 amide bonds. The van der Waals surface area contributed by atoms with Gasteiger partial charge in [-0.05, 0) is 84.6 Å². The predicted octanol–water partition coefficient (Wildman–Crippen LogP) is 6.33. The topological polar surface area (TPSA) is 35.6 Å². The van der Waals surface area contributed by atoms with Crippen LogP contribution in [0.4, 0.5) is 30.6 Å². The van der Waals surface area contributed by atoms with Crippen LogP contribution in [0.3, 0.4) is 0 Å². The summed E-state index contributed by atoms with van der Waals surface area (Å²) in [5.74, 6) is -0.594. The summed E-state index contributed by atoms with van der Waals surface area (Å²) in [5.41, 5.74) is 4.13. The molecule has 2 aliphatic rings. The molecular weight excluding hydrogens is 444 g/mol. The van der Waals surface area contributed by atoms with Gasteiger partial charge in [0.1, 0.15) is 11.6 Å². The van der Waals surface area contributed by atoms with Crippen molar-refractivity contribution >= 4 is 34.7 Å². The van der Waals surface area contributed by atoms with Gasteiger partial charge in [-0.15, -0.1) is 0 Å². The number of amides is 2. The number of urea groups is 1. The Labute approximate surface area is 196 Å². The largest absolute Gasteiger partial charge is 0.332 e. The fraction of sp³-hybridized carbons (Fsp3) is 0.192. The number of nitrogens with one attached hydrogen (secondary N) is 1. The second kappa shape index (κ2) is 8.87. The van der Waals surface area contributed by atoms with Gasteiger partial charge in [0.05, 0.1) is 6.04 Å². The smallest absolute Gasteiger partial charge is 0.322 e. The molecule has 0 spiro atoms. The van der Waals surface area contributed by atoms with Crippen molar-refractivity contribution in [3.63, 3.8) is 0 Å². The van der Waals surface area contributed by atoms with Gasteiger partial charge in [0.2, 0.25) is 0 Å². The lowest BCUT2D eigenvalue weighted by Gasteiger charge is -2.38. The van der Waals surface area contributed by atoms with Crippen LogP contribution in [0.2, 0.25) is 5.02 Å². The van der Waals surface area contributed by atoms with Crippen LogP contribution >= 0.6 is 11.6 Å². The number of anilines is 3. The zero-order valence-electron chi connectivity index (χ0n) is 17.8. The van der Waals surface area contributed by atoms with Crippen LogP contribution in [0, 0.1) is 11.6 Å². The van der Waals surface area contributed by atoms with Crippen molar-refractivity contribution in [3.05, 3.63) is 101 Å². The molecule has 5 rings (SSSR count). The molecule has 0 bridgehead atoms. The van der Waals surface area contributed by atoms with Gasteiger partial charge in [0.15, 0.2) is 0 Å². The van der Waals surface area contributed by atoms with E-state index in [4.69, 9.17) is 11.6 Å². The van der Waals surface area contributed by atoms with Crippen LogP contribution in [-0.4, -0.2) is 30.1 Å². The maximum atomic E-state index is 14.0. The molecule has 3 aromatic rings. The molecule has 0 radical (unpaired) electrons. The summed E-state index contributed by atoms with van der Waals surface area (Å²) in [5, 5.41) is 3.50. The number of nitrogens with zero attached hydrogens (tertiary/aromatic N) is 2. The summed E-state index contributed by atoms with van der Waals surface area (Å²) in [6, 6.07) is 16.0. The zero-order chi connectivity index (χ0) is 22.9. The van der Waals surface area contributed by atoms with Crippen LogP contribution in [0.25, 0.3) is 0 Å². The number of benzene rings is 3. The summed E-state index contributed by atoms with van der Waals surface area (Å²) >= 11 is 5.93. The summed E-state index contributed by atoms with van der Waals surface area (Å²) in [7, 11) is 0. The first-order chi connectivity index (χ1) is 16.0. The van der Waals surface area contributed by atoms with E-state index in [-0.39, 0.29) is 23.7 Å². The van der Waals surface area contributed by atoms with E-state index in [1.165, 1.54) is 12.1 Å². The SMILES string of the molecule is O=C(Nc1ccc(Cl)cc1)N1CC=CC(N2c3ccc(F)cc3CCc3cc(F)ccc32)C1. The fourth-order valence-electron chi connectivity index (χ4n) is 4.51. The minimum atomic E-state index is -0.297. The Bertz CT molecular complexity index is 1180. The van der Waals surface area contributed by atoms with E-state index in [0.29, 0.717) is 36.6 Å². The highest BCUT2D eigenvalue weighted by Crippen LogP contribution is 2.39. The number of fused-ring (bicyclic) bond motifs is 2. The number of halogens is 3. The second-order valence-electron chi connectivity index (χ2n) is 8.25. The average Bonchev–Trinajstić information content (AvgIpc) is 2.97. The lowest BCUT2D eigenvalue weighted by molar-refractivity contribution is 0.214. The molecule has 1 atom stereocenters. The number of hydrogen-bond acceptors (Lipinski definition) is 2. The van der Waals surface area contributed by atoms with E-state index in [1.54, 1.807) is 53.4 Å². The molecule has 7 heteroatoms. The maximum Gasteiger partial charge on any atom is 0.322 e. The van der Waals surface area contributed by atoms with E-state index in [2.05, 4.69) is 16.3 Å². The Morgan fingerprint density at radius 3 is 2.12 bits per heavy atom. The maximum absolute atomic E-state index is 14.0. The third-order valence-corrected chi connectivity index (χ3v) is 6.32. The second-order valence-corrected chi connectivity index (χ2v) is 8.69. The molecular formula is C26H22ClF2N3O. The Morgan fingerprint density at radius 1 is 0.909 bits per heavy atom. The van der Waals surface area contributed by atoms with E-state index >= 15 is 0 Å². The predicted molar refractivity (Wildman–Crippen MR) is 127 cm³/mol. The summed E-state index contributed by atoms with van der Waals surface area (Å²) < 4.78 is 28.1. The summed E-state index contributed by atoms with van der Waals surface area (Å²) in [6.45, 7) is 0.889. The normalized spacial score (nSPS) is 17.2. The van der Waals surface area contributed by atoms with E-state index in [9.17, 15) is 13.6 Å². The lowest BCUT2D eigenvalue weighted by atomic mass is 10.0. The molecule has 2 aliphatic heterocycles. The van der Waals surface area contributed by atoms with Gasteiger partial charge in [-0.2, -0.15) is 0 Å². The molecule has 2 heterocycles. The van der Waals surface area contributed by atoms with Gasteiger partial charge in [-0.25, -0.2) is 13.6 Å². The molecule has 1 N–H and O–H groups in total. The first-order valence-electron chi connectivity index (χ1n) is 10.8. The van der Waals surface area contributed by atoms with Crippen molar-refractivity contribution < 1.29 is 13.6 Å². The van der Waals surface area contributed by atoms with E-state index in [0.717, 1.165) is 22.5 Å². The van der Waals surface area contributed by atoms with Gasteiger partial charge in [0.25, 0.3) is 0 Å². The molecule has 0 saturated carbocycles. The van der Waals surface area contributed by atoms with Crippen molar-refractivity contribution in [2.75, 3.05) is 23.3 Å². The standard InChI is InChI=1S/C26H22ClF2N3O/c27-19-5-9-22(10-6-19)30-26(33)31-13-1-2-23(16-31)32-24-11-7-20(28)14-17(24)3-4-18-15-21(29)8-12-25(18)32/h1-2,5-12,14-15,23H,3-4,13,16H2,(H,30,33). The van der Waals surface area contributed by atoms with Crippen molar-refractivity contribution in [3.8, 4) is 0 Å². The van der Waals surface area contributed by atoms with Crippen molar-refractivity contribution in [1.29, 1.82) is 0 Å². The third-order valence-electron chi connectivity index (χ3n) is 6.07. The van der Waals surface area contributed by atoms with E-state index in [1.807, 2.05) is 6.08 Å². The number of aryl methyl sites for hydroxylation is 2. The van der Waals surface area contributed by atoms with Crippen molar-refractivity contribution in [2.45, 2.75) is 18.9 Å². The van der Waals surface area contributed by atoms with Crippen LogP contribution in [-0.2, 0) is 12.8 Å². The van der Waals surface area contributed by atoms with Gasteiger partial charge < -0.3 is 15.1 Å². The van der Waals surface area contributed by atoms with Crippen LogP contribution in [0.15, 0.2) is 72.8 Å². The Hall–Kier alpha value is -3.38. The Balaban J connectivity index is 1.46. The van der Waals surface area contributed by atoms with Crippen LogP contribution in [0.1, 0.15) is 11.1 Å². The third kappa shape index (κ3) is 4.44. The molecule has 4 nitrogen and oxygen atoms in total. The first-order valence-corrected chi connectivity index (χ1v) is 11.2. The minimum absolute atomic E-state index is 0.193. The van der Waals surface area contributed by atoms with Gasteiger partial charge in [-0.1, -0.05) is 23.8 Å².